The van der Waals surface area contributed by atoms with E-state index < -0.39 is 18.6 Å². The second-order valence-corrected chi connectivity index (χ2v) is 4.69. The minimum atomic E-state index is -4.40. The Balaban J connectivity index is 2.14. The van der Waals surface area contributed by atoms with Crippen LogP contribution in [0.15, 0.2) is 18.5 Å². The third-order valence-corrected chi connectivity index (χ3v) is 3.04. The highest BCUT2D eigenvalue weighted by atomic mass is 19.4. The summed E-state index contributed by atoms with van der Waals surface area (Å²) in [7, 11) is 0. The molecule has 20 heavy (non-hydrogen) atoms. The number of hydrogen-bond donors (Lipinski definition) is 1. The standard InChI is InChI=1S/C13H14F3N3O/c1-8-3-10-11(4-9(8)2)19(7-18-10)5-12(20)17-6-13(14,15)16/h3-4,7H,5-6H2,1-2H3,(H,17,20). The Bertz CT molecular complexity index is 646. The number of hydrogen-bond acceptors (Lipinski definition) is 2. The molecule has 0 unspecified atom stereocenters. The zero-order valence-corrected chi connectivity index (χ0v) is 11.1. The number of benzene rings is 1. The largest absolute Gasteiger partial charge is 0.405 e. The minimum Gasteiger partial charge on any atom is -0.345 e. The Morgan fingerprint density at radius 3 is 2.60 bits per heavy atom. The zero-order valence-electron chi connectivity index (χ0n) is 11.1. The highest BCUT2D eigenvalue weighted by molar-refractivity contribution is 5.81. The van der Waals surface area contributed by atoms with Crippen LogP contribution in [0.25, 0.3) is 11.0 Å². The van der Waals surface area contributed by atoms with Crippen LogP contribution in [0, 0.1) is 13.8 Å². The van der Waals surface area contributed by atoms with Gasteiger partial charge in [-0.25, -0.2) is 4.98 Å². The first kappa shape index (κ1) is 14.4. The van der Waals surface area contributed by atoms with Crippen molar-refractivity contribution in [2.75, 3.05) is 6.54 Å². The summed E-state index contributed by atoms with van der Waals surface area (Å²) in [6, 6.07) is 3.75. The highest BCUT2D eigenvalue weighted by Gasteiger charge is 2.27. The van der Waals surface area contributed by atoms with Crippen molar-refractivity contribution in [2.24, 2.45) is 0 Å². The number of fused-ring (bicyclic) bond motifs is 1. The molecule has 108 valence electrons. The second-order valence-electron chi connectivity index (χ2n) is 4.69. The predicted octanol–water partition coefficient (Wildman–Crippen LogP) is 2.33. The van der Waals surface area contributed by atoms with E-state index in [-0.39, 0.29) is 6.54 Å². The minimum absolute atomic E-state index is 0.185. The number of imidazole rings is 1. The monoisotopic (exact) mass is 285 g/mol. The molecular weight excluding hydrogens is 271 g/mol. The van der Waals surface area contributed by atoms with E-state index in [4.69, 9.17) is 0 Å². The summed E-state index contributed by atoms with van der Waals surface area (Å²) in [6.45, 7) is 2.37. The van der Waals surface area contributed by atoms with E-state index in [2.05, 4.69) is 4.98 Å². The number of rotatable bonds is 3. The Morgan fingerprint density at radius 2 is 1.95 bits per heavy atom. The van der Waals surface area contributed by atoms with Gasteiger partial charge in [-0.1, -0.05) is 0 Å². The third kappa shape index (κ3) is 3.28. The molecule has 1 N–H and O–H groups in total. The molecule has 0 spiro atoms. The molecule has 0 bridgehead atoms. The lowest BCUT2D eigenvalue weighted by atomic mass is 10.1. The molecule has 0 aliphatic rings. The fraction of sp³-hybridized carbons (Fsp3) is 0.385. The van der Waals surface area contributed by atoms with Gasteiger partial charge in [-0.05, 0) is 37.1 Å². The number of aromatic nitrogens is 2. The van der Waals surface area contributed by atoms with Gasteiger partial charge in [-0.3, -0.25) is 4.79 Å². The molecule has 4 nitrogen and oxygen atoms in total. The Hall–Kier alpha value is -2.05. The molecule has 0 saturated carbocycles. The van der Waals surface area contributed by atoms with Gasteiger partial charge in [-0.2, -0.15) is 13.2 Å². The van der Waals surface area contributed by atoms with Crippen LogP contribution in [0.5, 0.6) is 0 Å². The molecule has 7 heteroatoms. The second kappa shape index (κ2) is 5.15. The summed E-state index contributed by atoms with van der Waals surface area (Å²) in [5.74, 6) is -0.695. The van der Waals surface area contributed by atoms with Gasteiger partial charge in [0.2, 0.25) is 5.91 Å². The van der Waals surface area contributed by atoms with Crippen molar-refractivity contribution in [3.63, 3.8) is 0 Å². The van der Waals surface area contributed by atoms with Crippen LogP contribution < -0.4 is 5.32 Å². The molecule has 0 aliphatic carbocycles. The van der Waals surface area contributed by atoms with Gasteiger partial charge in [0.15, 0.2) is 0 Å². The van der Waals surface area contributed by atoms with Crippen LogP contribution in [0.2, 0.25) is 0 Å². The van der Waals surface area contributed by atoms with Gasteiger partial charge in [0.1, 0.15) is 13.1 Å². The number of halogens is 3. The summed E-state index contributed by atoms with van der Waals surface area (Å²) in [5, 5.41) is 1.84. The van der Waals surface area contributed by atoms with E-state index in [0.29, 0.717) is 0 Å². The van der Waals surface area contributed by atoms with Crippen molar-refractivity contribution in [3.05, 3.63) is 29.6 Å². The number of nitrogens with zero attached hydrogens (tertiary/aromatic N) is 2. The lowest BCUT2D eigenvalue weighted by molar-refractivity contribution is -0.138. The van der Waals surface area contributed by atoms with Gasteiger partial charge in [0.05, 0.1) is 17.4 Å². The SMILES string of the molecule is Cc1cc2ncn(CC(=O)NCC(F)(F)F)c2cc1C. The molecular formula is C13H14F3N3O. The molecule has 1 amide bonds. The first-order chi connectivity index (χ1) is 9.26. The first-order valence-corrected chi connectivity index (χ1v) is 6.02. The van der Waals surface area contributed by atoms with Crippen LogP contribution in [0.1, 0.15) is 11.1 Å². The van der Waals surface area contributed by atoms with Crippen LogP contribution in [0.4, 0.5) is 13.2 Å². The summed E-state index contributed by atoms with van der Waals surface area (Å²) in [5.41, 5.74) is 3.56. The van der Waals surface area contributed by atoms with Crippen LogP contribution in [-0.2, 0) is 11.3 Å². The van der Waals surface area contributed by atoms with E-state index in [1.807, 2.05) is 31.3 Å². The average Bonchev–Trinajstić information content (AvgIpc) is 2.69. The number of amides is 1. The van der Waals surface area contributed by atoms with Crippen LogP contribution >= 0.6 is 0 Å². The third-order valence-electron chi connectivity index (χ3n) is 3.04. The van der Waals surface area contributed by atoms with Crippen LogP contribution in [0.3, 0.4) is 0 Å². The van der Waals surface area contributed by atoms with E-state index >= 15 is 0 Å². The molecule has 2 rings (SSSR count). The van der Waals surface area contributed by atoms with Crippen molar-refractivity contribution in [2.45, 2.75) is 26.6 Å². The summed E-state index contributed by atoms with van der Waals surface area (Å²) in [4.78, 5) is 15.6. The van der Waals surface area contributed by atoms with Crippen molar-refractivity contribution in [3.8, 4) is 0 Å². The van der Waals surface area contributed by atoms with Gasteiger partial charge in [0, 0.05) is 0 Å². The van der Waals surface area contributed by atoms with Gasteiger partial charge in [-0.15, -0.1) is 0 Å². The maximum Gasteiger partial charge on any atom is 0.405 e. The maximum absolute atomic E-state index is 12.0. The molecule has 0 saturated heterocycles. The molecule has 0 radical (unpaired) electrons. The Labute approximate surface area is 113 Å². The lowest BCUT2D eigenvalue weighted by Gasteiger charge is -2.09. The summed E-state index contributed by atoms with van der Waals surface area (Å²) >= 11 is 0. The topological polar surface area (TPSA) is 46.9 Å². The Kier molecular flexibility index (Phi) is 3.69. The fourth-order valence-corrected chi connectivity index (χ4v) is 1.85. The van der Waals surface area contributed by atoms with Gasteiger partial charge in [0.25, 0.3) is 0 Å². The summed E-state index contributed by atoms with van der Waals surface area (Å²) < 4.78 is 37.6. The maximum atomic E-state index is 12.0. The molecule has 1 aromatic carbocycles. The molecule has 1 heterocycles. The normalized spacial score (nSPS) is 11.8. The van der Waals surface area contributed by atoms with Crippen LogP contribution in [-0.4, -0.2) is 28.2 Å². The van der Waals surface area contributed by atoms with E-state index in [1.165, 1.54) is 10.9 Å². The van der Waals surface area contributed by atoms with Crippen molar-refractivity contribution in [1.82, 2.24) is 14.9 Å². The quantitative estimate of drug-likeness (QED) is 0.941. The molecule has 0 fully saturated rings. The summed E-state index contributed by atoms with van der Waals surface area (Å²) in [6.07, 6.45) is -2.95. The average molecular weight is 285 g/mol. The van der Waals surface area contributed by atoms with Gasteiger partial charge < -0.3 is 9.88 Å². The first-order valence-electron chi connectivity index (χ1n) is 6.02. The Morgan fingerprint density at radius 1 is 1.30 bits per heavy atom. The number of carbonyl (C=O) groups excluding carboxylic acids is 1. The molecule has 0 atom stereocenters. The predicted molar refractivity (Wildman–Crippen MR) is 68.3 cm³/mol. The number of nitrogens with one attached hydrogen (secondary N) is 1. The van der Waals surface area contributed by atoms with E-state index in [1.54, 1.807) is 0 Å². The lowest BCUT2D eigenvalue weighted by Crippen LogP contribution is -2.35. The molecule has 0 aliphatic heterocycles. The number of alkyl halides is 3. The van der Waals surface area contributed by atoms with Crippen molar-refractivity contribution < 1.29 is 18.0 Å². The highest BCUT2D eigenvalue weighted by Crippen LogP contribution is 2.18. The molecule has 1 aromatic heterocycles. The van der Waals surface area contributed by atoms with Crippen molar-refractivity contribution >= 4 is 16.9 Å². The molecule has 2 aromatic rings. The number of carbonyl (C=O) groups is 1. The van der Waals surface area contributed by atoms with Crippen molar-refractivity contribution in [1.29, 1.82) is 0 Å². The smallest absolute Gasteiger partial charge is 0.345 e. The van der Waals surface area contributed by atoms with E-state index in [9.17, 15) is 18.0 Å². The zero-order chi connectivity index (χ0) is 14.9. The number of aryl methyl sites for hydroxylation is 2. The fourth-order valence-electron chi connectivity index (χ4n) is 1.85. The van der Waals surface area contributed by atoms with E-state index in [0.717, 1.165) is 22.2 Å². The van der Waals surface area contributed by atoms with Gasteiger partial charge >= 0.3 is 6.18 Å².